The number of rotatable bonds is 8. The number of nitrogens with one attached hydrogen (secondary N) is 1. The van der Waals surface area contributed by atoms with Crippen LogP contribution < -0.4 is 10.2 Å². The molecule has 2 aromatic carbocycles. The highest BCUT2D eigenvalue weighted by atomic mass is 35.5. The lowest BCUT2D eigenvalue weighted by atomic mass is 10.1. The molecule has 0 spiro atoms. The average molecular weight is 345 g/mol. The molecule has 0 bridgehead atoms. The molecule has 3 rings (SSSR count). The van der Waals surface area contributed by atoms with Crippen molar-refractivity contribution < 1.29 is 4.79 Å². The van der Waals surface area contributed by atoms with Crippen LogP contribution in [0.4, 0.5) is 5.69 Å². The van der Waals surface area contributed by atoms with Crippen LogP contribution in [0.25, 0.3) is 0 Å². The van der Waals surface area contributed by atoms with Crippen molar-refractivity contribution >= 4 is 24.0 Å². The number of hydrogen-bond donors (Lipinski definition) is 1. The monoisotopic (exact) mass is 344 g/mol. The summed E-state index contributed by atoms with van der Waals surface area (Å²) < 4.78 is 0. The van der Waals surface area contributed by atoms with Crippen molar-refractivity contribution in [1.82, 2.24) is 5.32 Å². The van der Waals surface area contributed by atoms with E-state index >= 15 is 0 Å². The van der Waals surface area contributed by atoms with Gasteiger partial charge in [-0.05, 0) is 49.4 Å². The number of hydrogen-bond acceptors (Lipinski definition) is 2. The zero-order valence-corrected chi connectivity index (χ0v) is 14.7. The maximum absolute atomic E-state index is 12.6. The van der Waals surface area contributed by atoms with E-state index in [2.05, 4.69) is 17.4 Å². The Morgan fingerprint density at radius 1 is 1.00 bits per heavy atom. The number of benzene rings is 2. The van der Waals surface area contributed by atoms with Gasteiger partial charge in [0.15, 0.2) is 0 Å². The molecule has 0 aliphatic heterocycles. The number of halogens is 1. The molecule has 1 amide bonds. The Morgan fingerprint density at radius 2 is 1.62 bits per heavy atom. The van der Waals surface area contributed by atoms with Crippen molar-refractivity contribution in [3.63, 3.8) is 0 Å². The number of amides is 1. The molecule has 4 heteroatoms. The zero-order valence-electron chi connectivity index (χ0n) is 13.9. The number of anilines is 1. The Kier molecular flexibility index (Phi) is 7.29. The van der Waals surface area contributed by atoms with Gasteiger partial charge >= 0.3 is 0 Å². The van der Waals surface area contributed by atoms with Gasteiger partial charge in [0.25, 0.3) is 0 Å². The van der Waals surface area contributed by atoms with Crippen molar-refractivity contribution in [2.45, 2.75) is 19.3 Å². The molecule has 2 aromatic rings. The maximum Gasteiger partial charge on any atom is 0.240 e. The van der Waals surface area contributed by atoms with E-state index in [1.807, 2.05) is 53.4 Å². The van der Waals surface area contributed by atoms with Crippen molar-refractivity contribution in [3.8, 4) is 0 Å². The van der Waals surface area contributed by atoms with E-state index < -0.39 is 0 Å². The van der Waals surface area contributed by atoms with Crippen LogP contribution in [0.2, 0.25) is 0 Å². The number of carbonyl (C=O) groups excluding carboxylic acids is 1. The standard InChI is InChI=1S/C20H24N2O.ClH/c23-20(16-21-15-18-11-12-18)22(19-9-5-2-6-10-19)14-13-17-7-3-1-4-8-17;/h1-10,18,21H,11-16H2;1H. The highest BCUT2D eigenvalue weighted by Crippen LogP contribution is 2.27. The van der Waals surface area contributed by atoms with Crippen LogP contribution in [-0.4, -0.2) is 25.5 Å². The fourth-order valence-electron chi connectivity index (χ4n) is 2.69. The first kappa shape index (κ1) is 18.5. The fraction of sp³-hybridized carbons (Fsp3) is 0.350. The van der Waals surface area contributed by atoms with E-state index in [9.17, 15) is 4.79 Å². The second kappa shape index (κ2) is 9.45. The Labute approximate surface area is 150 Å². The van der Waals surface area contributed by atoms with Crippen molar-refractivity contribution in [1.29, 1.82) is 0 Å². The van der Waals surface area contributed by atoms with Gasteiger partial charge in [-0.2, -0.15) is 0 Å². The number of nitrogens with zero attached hydrogens (tertiary/aromatic N) is 1. The summed E-state index contributed by atoms with van der Waals surface area (Å²) in [7, 11) is 0. The van der Waals surface area contributed by atoms with Gasteiger partial charge in [0, 0.05) is 12.2 Å². The topological polar surface area (TPSA) is 32.3 Å². The van der Waals surface area contributed by atoms with E-state index in [0.29, 0.717) is 13.1 Å². The molecule has 1 saturated carbocycles. The molecule has 0 atom stereocenters. The SMILES string of the molecule is Cl.O=C(CNCC1CC1)N(CCc1ccccc1)c1ccccc1. The van der Waals surface area contributed by atoms with Crippen LogP contribution >= 0.6 is 12.4 Å². The van der Waals surface area contributed by atoms with E-state index in [4.69, 9.17) is 0 Å². The molecule has 3 nitrogen and oxygen atoms in total. The van der Waals surface area contributed by atoms with Crippen LogP contribution in [0.3, 0.4) is 0 Å². The molecular weight excluding hydrogens is 320 g/mol. The van der Waals surface area contributed by atoms with Crippen LogP contribution in [0.1, 0.15) is 18.4 Å². The molecule has 0 heterocycles. The highest BCUT2D eigenvalue weighted by molar-refractivity contribution is 5.94. The third-order valence-corrected chi connectivity index (χ3v) is 4.24. The predicted molar refractivity (Wildman–Crippen MR) is 102 cm³/mol. The summed E-state index contributed by atoms with van der Waals surface area (Å²) >= 11 is 0. The lowest BCUT2D eigenvalue weighted by Gasteiger charge is -2.23. The summed E-state index contributed by atoms with van der Waals surface area (Å²) in [6.07, 6.45) is 3.47. The van der Waals surface area contributed by atoms with Gasteiger partial charge in [-0.15, -0.1) is 12.4 Å². The molecular formula is C20H25ClN2O. The van der Waals surface area contributed by atoms with Crippen LogP contribution in [0.15, 0.2) is 60.7 Å². The number of carbonyl (C=O) groups is 1. The molecule has 0 saturated heterocycles. The first-order valence-electron chi connectivity index (χ1n) is 8.43. The van der Waals surface area contributed by atoms with Gasteiger partial charge in [0.05, 0.1) is 6.54 Å². The summed E-state index contributed by atoms with van der Waals surface area (Å²) in [6, 6.07) is 20.3. The normalized spacial score (nSPS) is 13.2. The molecule has 0 radical (unpaired) electrons. The van der Waals surface area contributed by atoms with Crippen molar-refractivity contribution in [2.24, 2.45) is 5.92 Å². The van der Waals surface area contributed by atoms with Crippen LogP contribution in [0, 0.1) is 5.92 Å². The zero-order chi connectivity index (χ0) is 15.9. The van der Waals surface area contributed by atoms with Gasteiger partial charge in [0.1, 0.15) is 0 Å². The van der Waals surface area contributed by atoms with Crippen molar-refractivity contribution in [3.05, 3.63) is 66.2 Å². The lowest BCUT2D eigenvalue weighted by Crippen LogP contribution is -2.40. The fourth-order valence-corrected chi connectivity index (χ4v) is 2.69. The molecule has 0 aromatic heterocycles. The van der Waals surface area contributed by atoms with Gasteiger partial charge in [-0.3, -0.25) is 4.79 Å². The largest absolute Gasteiger partial charge is 0.311 e. The van der Waals surface area contributed by atoms with E-state index in [1.165, 1.54) is 18.4 Å². The average Bonchev–Trinajstić information content (AvgIpc) is 3.41. The third kappa shape index (κ3) is 5.66. The first-order valence-corrected chi connectivity index (χ1v) is 8.43. The van der Waals surface area contributed by atoms with Gasteiger partial charge in [0.2, 0.25) is 5.91 Å². The molecule has 128 valence electrons. The van der Waals surface area contributed by atoms with Crippen molar-refractivity contribution in [2.75, 3.05) is 24.5 Å². The van der Waals surface area contributed by atoms with E-state index in [-0.39, 0.29) is 18.3 Å². The Balaban J connectivity index is 0.00000208. The summed E-state index contributed by atoms with van der Waals surface area (Å²) in [5.74, 6) is 0.935. The minimum atomic E-state index is 0. The Morgan fingerprint density at radius 3 is 2.25 bits per heavy atom. The Hall–Kier alpha value is -1.84. The Bertz CT molecular complexity index is 614. The molecule has 1 aliphatic carbocycles. The van der Waals surface area contributed by atoms with Crippen LogP contribution in [0.5, 0.6) is 0 Å². The molecule has 1 aliphatic rings. The quantitative estimate of drug-likeness (QED) is 0.792. The first-order chi connectivity index (χ1) is 11.3. The minimum absolute atomic E-state index is 0. The van der Waals surface area contributed by atoms with Crippen LogP contribution in [-0.2, 0) is 11.2 Å². The smallest absolute Gasteiger partial charge is 0.240 e. The summed E-state index contributed by atoms with van der Waals surface area (Å²) in [5.41, 5.74) is 2.23. The third-order valence-electron chi connectivity index (χ3n) is 4.24. The second-order valence-electron chi connectivity index (χ2n) is 6.19. The summed E-state index contributed by atoms with van der Waals surface area (Å²) in [4.78, 5) is 14.5. The van der Waals surface area contributed by atoms with E-state index in [0.717, 1.165) is 24.6 Å². The number of para-hydroxylation sites is 1. The van der Waals surface area contributed by atoms with Gasteiger partial charge in [-0.1, -0.05) is 48.5 Å². The minimum Gasteiger partial charge on any atom is -0.311 e. The molecule has 1 fully saturated rings. The van der Waals surface area contributed by atoms with Gasteiger partial charge in [-0.25, -0.2) is 0 Å². The summed E-state index contributed by atoms with van der Waals surface area (Å²) in [5, 5.41) is 3.30. The van der Waals surface area contributed by atoms with Gasteiger partial charge < -0.3 is 10.2 Å². The predicted octanol–water partition coefficient (Wildman–Crippen LogP) is 3.68. The maximum atomic E-state index is 12.6. The highest BCUT2D eigenvalue weighted by Gasteiger charge is 2.21. The molecule has 0 unspecified atom stereocenters. The lowest BCUT2D eigenvalue weighted by molar-refractivity contribution is -0.117. The summed E-state index contributed by atoms with van der Waals surface area (Å²) in [6.45, 7) is 2.09. The second-order valence-corrected chi connectivity index (χ2v) is 6.19. The van der Waals surface area contributed by atoms with E-state index in [1.54, 1.807) is 0 Å². The molecule has 24 heavy (non-hydrogen) atoms. The molecule has 1 N–H and O–H groups in total.